The lowest BCUT2D eigenvalue weighted by Crippen LogP contribution is -2.62. The highest BCUT2D eigenvalue weighted by Gasteiger charge is 2.48. The van der Waals surface area contributed by atoms with Crippen LogP contribution in [0.5, 0.6) is 0 Å². The topological polar surface area (TPSA) is 39.7 Å². The molecule has 0 aliphatic rings. The lowest BCUT2D eigenvalue weighted by molar-refractivity contribution is 0.0987. The molecule has 0 saturated carbocycles. The first-order valence-corrected chi connectivity index (χ1v) is 8.32. The first-order chi connectivity index (χ1) is 9.09. The lowest BCUT2D eigenvalue weighted by atomic mass is 10.2. The monoisotopic (exact) mass is 283 g/mol. The van der Waals surface area contributed by atoms with Gasteiger partial charge in [0.2, 0.25) is 0 Å². The summed E-state index contributed by atoms with van der Waals surface area (Å²) in [6.07, 6.45) is 0. The average Bonchev–Trinajstić information content (AvgIpc) is 2.44. The number of hydrogen-bond acceptors (Lipinski definition) is 4. The Morgan fingerprint density at radius 3 is 1.95 bits per heavy atom. The summed E-state index contributed by atoms with van der Waals surface area (Å²) in [5, 5.41) is 3.52. The number of nitrogens with one attached hydrogen (secondary N) is 1. The van der Waals surface area contributed by atoms with Gasteiger partial charge in [0, 0.05) is 27.9 Å². The summed E-state index contributed by atoms with van der Waals surface area (Å²) < 4.78 is 16.7. The van der Waals surface area contributed by atoms with Gasteiger partial charge in [-0.25, -0.2) is 0 Å². The molecule has 1 atom stereocenters. The third-order valence-corrected chi connectivity index (χ3v) is 6.61. The van der Waals surface area contributed by atoms with Crippen LogP contribution in [0.25, 0.3) is 0 Å². The Bertz CT molecular complexity index is 347. The maximum atomic E-state index is 5.58. The van der Waals surface area contributed by atoms with Crippen LogP contribution in [0, 0.1) is 5.92 Å². The van der Waals surface area contributed by atoms with Crippen LogP contribution in [0.15, 0.2) is 30.3 Å². The summed E-state index contributed by atoms with van der Waals surface area (Å²) in [5.41, 5.74) is 1.30. The van der Waals surface area contributed by atoms with Crippen molar-refractivity contribution in [2.24, 2.45) is 5.92 Å². The molecule has 0 fully saturated rings. The molecule has 0 radical (unpaired) electrons. The van der Waals surface area contributed by atoms with Crippen molar-refractivity contribution in [1.82, 2.24) is 5.32 Å². The number of hydrogen-bond donors (Lipinski definition) is 1. The van der Waals surface area contributed by atoms with Gasteiger partial charge in [0.05, 0.1) is 5.67 Å². The van der Waals surface area contributed by atoms with Crippen molar-refractivity contribution < 1.29 is 13.3 Å². The third-order valence-electron chi connectivity index (χ3n) is 3.27. The van der Waals surface area contributed by atoms with Crippen LogP contribution in [0.4, 0.5) is 0 Å². The highest BCUT2D eigenvalue weighted by Crippen LogP contribution is 2.19. The summed E-state index contributed by atoms with van der Waals surface area (Å²) in [5.74, 6) is 0.357. The molecular weight excluding hydrogens is 258 g/mol. The van der Waals surface area contributed by atoms with Gasteiger partial charge in [-0.3, -0.25) is 0 Å². The van der Waals surface area contributed by atoms with Crippen molar-refractivity contribution in [3.63, 3.8) is 0 Å². The fourth-order valence-electron chi connectivity index (χ4n) is 2.22. The standard InChI is InChI=1S/C14H25NO3Si/c1-12(2)14(19(16-3,17-4)18-5)15-11-13-9-7-6-8-10-13/h6-10,12,14-15H,11H2,1-5H3. The van der Waals surface area contributed by atoms with Gasteiger partial charge in [-0.05, 0) is 11.5 Å². The quantitative estimate of drug-likeness (QED) is 0.743. The molecule has 1 aromatic carbocycles. The van der Waals surface area contributed by atoms with Crippen LogP contribution in [0.2, 0.25) is 0 Å². The maximum absolute atomic E-state index is 5.58. The molecule has 19 heavy (non-hydrogen) atoms. The molecule has 1 unspecified atom stereocenters. The number of rotatable bonds is 8. The minimum Gasteiger partial charge on any atom is -0.376 e. The van der Waals surface area contributed by atoms with Crippen LogP contribution in [0.1, 0.15) is 19.4 Å². The van der Waals surface area contributed by atoms with Gasteiger partial charge in [0.25, 0.3) is 0 Å². The van der Waals surface area contributed by atoms with Gasteiger partial charge in [0.1, 0.15) is 0 Å². The van der Waals surface area contributed by atoms with Crippen molar-refractivity contribution >= 4 is 8.80 Å². The molecule has 0 aliphatic carbocycles. The van der Waals surface area contributed by atoms with E-state index in [1.54, 1.807) is 21.3 Å². The highest BCUT2D eigenvalue weighted by molar-refractivity contribution is 6.62. The van der Waals surface area contributed by atoms with Gasteiger partial charge in [-0.2, -0.15) is 0 Å². The molecule has 108 valence electrons. The van der Waals surface area contributed by atoms with Crippen molar-refractivity contribution in [2.75, 3.05) is 21.3 Å². The van der Waals surface area contributed by atoms with E-state index in [1.165, 1.54) is 5.56 Å². The minimum absolute atomic E-state index is 0.0627. The van der Waals surface area contributed by atoms with Crippen LogP contribution < -0.4 is 5.32 Å². The predicted octanol–water partition coefficient (Wildman–Crippen LogP) is 2.22. The highest BCUT2D eigenvalue weighted by atomic mass is 28.4. The van der Waals surface area contributed by atoms with E-state index in [9.17, 15) is 0 Å². The molecule has 0 heterocycles. The molecule has 5 heteroatoms. The summed E-state index contributed by atoms with van der Waals surface area (Å²) >= 11 is 0. The second-order valence-corrected chi connectivity index (χ2v) is 7.86. The first kappa shape index (κ1) is 16.3. The Labute approximate surface area is 117 Å². The second kappa shape index (κ2) is 7.77. The van der Waals surface area contributed by atoms with Crippen LogP contribution >= 0.6 is 0 Å². The van der Waals surface area contributed by atoms with Crippen molar-refractivity contribution in [3.8, 4) is 0 Å². The normalized spacial score (nSPS) is 13.8. The Morgan fingerprint density at radius 1 is 1.00 bits per heavy atom. The molecule has 0 aromatic heterocycles. The Morgan fingerprint density at radius 2 is 1.53 bits per heavy atom. The Kier molecular flexibility index (Phi) is 6.68. The molecule has 1 aromatic rings. The van der Waals surface area contributed by atoms with Gasteiger partial charge >= 0.3 is 8.80 Å². The van der Waals surface area contributed by atoms with Gasteiger partial charge in [0.15, 0.2) is 0 Å². The molecule has 0 amide bonds. The molecule has 0 aliphatic heterocycles. The molecule has 0 saturated heterocycles. The van der Waals surface area contributed by atoms with E-state index in [4.69, 9.17) is 13.3 Å². The van der Waals surface area contributed by atoms with E-state index in [0.717, 1.165) is 6.54 Å². The molecule has 1 N–H and O–H groups in total. The fraction of sp³-hybridized carbons (Fsp3) is 0.571. The third kappa shape index (κ3) is 4.12. The zero-order valence-electron chi connectivity index (χ0n) is 12.5. The largest absolute Gasteiger partial charge is 0.518 e. The second-order valence-electron chi connectivity index (χ2n) is 4.80. The Hall–Kier alpha value is -0.723. The molecule has 4 nitrogen and oxygen atoms in total. The number of benzene rings is 1. The van der Waals surface area contributed by atoms with E-state index in [-0.39, 0.29) is 5.67 Å². The van der Waals surface area contributed by atoms with E-state index in [2.05, 4.69) is 31.3 Å². The maximum Gasteiger partial charge on any atom is 0.518 e. The van der Waals surface area contributed by atoms with Crippen LogP contribution in [0.3, 0.4) is 0 Å². The molecular formula is C14H25NO3Si. The van der Waals surface area contributed by atoms with Gasteiger partial charge in [-0.15, -0.1) is 0 Å². The zero-order valence-corrected chi connectivity index (χ0v) is 13.5. The van der Waals surface area contributed by atoms with E-state index < -0.39 is 8.80 Å². The van der Waals surface area contributed by atoms with E-state index in [1.807, 2.05) is 18.2 Å². The summed E-state index contributed by atoms with van der Waals surface area (Å²) in [4.78, 5) is 0. The Balaban J connectivity index is 2.78. The minimum atomic E-state index is -2.67. The summed E-state index contributed by atoms with van der Waals surface area (Å²) in [6.45, 7) is 5.05. The van der Waals surface area contributed by atoms with Crippen molar-refractivity contribution in [1.29, 1.82) is 0 Å². The first-order valence-electron chi connectivity index (χ1n) is 6.52. The molecule has 0 bridgehead atoms. The van der Waals surface area contributed by atoms with Crippen molar-refractivity contribution in [2.45, 2.75) is 26.1 Å². The molecule has 0 spiro atoms. The van der Waals surface area contributed by atoms with Crippen LogP contribution in [-0.4, -0.2) is 35.8 Å². The summed E-state index contributed by atoms with van der Waals surface area (Å²) in [6, 6.07) is 10.3. The van der Waals surface area contributed by atoms with E-state index >= 15 is 0 Å². The smallest absolute Gasteiger partial charge is 0.376 e. The fourth-order valence-corrected chi connectivity index (χ4v) is 4.65. The lowest BCUT2D eigenvalue weighted by Gasteiger charge is -2.35. The zero-order chi connectivity index (χ0) is 14.3. The van der Waals surface area contributed by atoms with Crippen molar-refractivity contribution in [3.05, 3.63) is 35.9 Å². The molecule has 1 rings (SSSR count). The van der Waals surface area contributed by atoms with E-state index in [0.29, 0.717) is 5.92 Å². The SMILES string of the molecule is CO[Si](OC)(OC)C(NCc1ccccc1)C(C)C. The predicted molar refractivity (Wildman–Crippen MR) is 78.7 cm³/mol. The van der Waals surface area contributed by atoms with Crippen LogP contribution in [-0.2, 0) is 19.8 Å². The average molecular weight is 283 g/mol. The summed E-state index contributed by atoms with van der Waals surface area (Å²) in [7, 11) is 2.28. The van der Waals surface area contributed by atoms with Gasteiger partial charge in [-0.1, -0.05) is 44.2 Å². The van der Waals surface area contributed by atoms with Gasteiger partial charge < -0.3 is 18.6 Å².